The fourth-order valence-electron chi connectivity index (χ4n) is 2.70. The maximum atomic E-state index is 12.7. The van der Waals surface area contributed by atoms with Gasteiger partial charge in [-0.05, 0) is 35.9 Å². The standard InChI is InChI=1S/C21H14ClF3N2O2S/c22-17-4-2-1-3-14(17)11-30-12-16-9-10-18(28-16)20-26-19(27-29-20)13-5-7-15(8-6-13)21(23,24)25/h1-10H,11-12H2. The first-order chi connectivity index (χ1) is 14.4. The minimum Gasteiger partial charge on any atom is -0.455 e. The van der Waals surface area contributed by atoms with E-state index < -0.39 is 11.7 Å². The lowest BCUT2D eigenvalue weighted by Gasteiger charge is -2.05. The second kappa shape index (κ2) is 8.57. The van der Waals surface area contributed by atoms with Gasteiger partial charge in [0.1, 0.15) is 5.76 Å². The zero-order chi connectivity index (χ0) is 21.1. The van der Waals surface area contributed by atoms with Crippen molar-refractivity contribution < 1.29 is 22.1 Å². The largest absolute Gasteiger partial charge is 0.455 e. The van der Waals surface area contributed by atoms with E-state index in [-0.39, 0.29) is 11.7 Å². The van der Waals surface area contributed by atoms with Crippen molar-refractivity contribution in [2.24, 2.45) is 0 Å². The number of furan rings is 1. The Kier molecular flexibility index (Phi) is 5.87. The van der Waals surface area contributed by atoms with Gasteiger partial charge in [-0.1, -0.05) is 47.1 Å². The van der Waals surface area contributed by atoms with Gasteiger partial charge in [0.25, 0.3) is 5.89 Å². The SMILES string of the molecule is FC(F)(F)c1ccc(-c2noc(-c3ccc(CSCc4ccccc4Cl)o3)n2)cc1. The smallest absolute Gasteiger partial charge is 0.416 e. The fraction of sp³-hybridized carbons (Fsp3) is 0.143. The van der Waals surface area contributed by atoms with Crippen molar-refractivity contribution >= 4 is 23.4 Å². The first-order valence-electron chi connectivity index (χ1n) is 8.82. The molecule has 30 heavy (non-hydrogen) atoms. The van der Waals surface area contributed by atoms with E-state index in [4.69, 9.17) is 20.5 Å². The second-order valence-corrected chi connectivity index (χ2v) is 7.74. The Morgan fingerprint density at radius 2 is 1.70 bits per heavy atom. The molecule has 0 spiro atoms. The van der Waals surface area contributed by atoms with Gasteiger partial charge in [-0.3, -0.25) is 0 Å². The topological polar surface area (TPSA) is 52.1 Å². The first kappa shape index (κ1) is 20.6. The van der Waals surface area contributed by atoms with E-state index in [0.29, 0.717) is 17.1 Å². The molecule has 2 aromatic carbocycles. The molecule has 4 rings (SSSR count). The van der Waals surface area contributed by atoms with Crippen molar-refractivity contribution in [2.45, 2.75) is 17.7 Å². The summed E-state index contributed by atoms with van der Waals surface area (Å²) in [5, 5.41) is 4.56. The van der Waals surface area contributed by atoms with Crippen LogP contribution in [0.3, 0.4) is 0 Å². The predicted octanol–water partition coefficient (Wildman–Crippen LogP) is 7.10. The molecule has 0 amide bonds. The Morgan fingerprint density at radius 1 is 0.933 bits per heavy atom. The number of aromatic nitrogens is 2. The van der Waals surface area contributed by atoms with Gasteiger partial charge in [-0.25, -0.2) is 0 Å². The second-order valence-electron chi connectivity index (χ2n) is 6.35. The zero-order valence-corrected chi connectivity index (χ0v) is 16.9. The van der Waals surface area contributed by atoms with E-state index in [0.717, 1.165) is 34.2 Å². The van der Waals surface area contributed by atoms with E-state index in [9.17, 15) is 13.2 Å². The molecule has 154 valence electrons. The number of rotatable bonds is 6. The molecule has 0 radical (unpaired) electrons. The summed E-state index contributed by atoms with van der Waals surface area (Å²) in [4.78, 5) is 4.22. The van der Waals surface area contributed by atoms with Crippen molar-refractivity contribution in [3.05, 3.63) is 82.6 Å². The van der Waals surface area contributed by atoms with Crippen LogP contribution in [0.25, 0.3) is 23.0 Å². The van der Waals surface area contributed by atoms with Gasteiger partial charge in [0.15, 0.2) is 5.76 Å². The van der Waals surface area contributed by atoms with Gasteiger partial charge in [0.2, 0.25) is 5.82 Å². The summed E-state index contributed by atoms with van der Waals surface area (Å²) in [5.41, 5.74) is 0.731. The van der Waals surface area contributed by atoms with Crippen molar-refractivity contribution in [3.8, 4) is 23.0 Å². The molecular formula is C21H14ClF3N2O2S. The quantitative estimate of drug-likeness (QED) is 0.313. The van der Waals surface area contributed by atoms with Gasteiger partial charge < -0.3 is 8.94 Å². The Hall–Kier alpha value is -2.71. The lowest BCUT2D eigenvalue weighted by Crippen LogP contribution is -2.04. The van der Waals surface area contributed by atoms with Crippen LogP contribution in [-0.4, -0.2) is 10.1 Å². The molecular weight excluding hydrogens is 437 g/mol. The Labute approximate surface area is 179 Å². The molecule has 0 atom stereocenters. The van der Waals surface area contributed by atoms with Crippen LogP contribution in [0.4, 0.5) is 13.2 Å². The summed E-state index contributed by atoms with van der Waals surface area (Å²) >= 11 is 7.80. The number of hydrogen-bond acceptors (Lipinski definition) is 5. The highest BCUT2D eigenvalue weighted by atomic mass is 35.5. The monoisotopic (exact) mass is 450 g/mol. The van der Waals surface area contributed by atoms with E-state index in [1.807, 2.05) is 30.3 Å². The number of thioether (sulfide) groups is 1. The Bertz CT molecular complexity index is 1140. The van der Waals surface area contributed by atoms with Gasteiger partial charge in [0.05, 0.1) is 11.3 Å². The van der Waals surface area contributed by atoms with Crippen molar-refractivity contribution in [2.75, 3.05) is 0 Å². The Balaban J connectivity index is 1.41. The van der Waals surface area contributed by atoms with Gasteiger partial charge >= 0.3 is 6.18 Å². The molecule has 4 nitrogen and oxygen atoms in total. The van der Waals surface area contributed by atoms with Crippen molar-refractivity contribution in [1.82, 2.24) is 10.1 Å². The van der Waals surface area contributed by atoms with Crippen LogP contribution < -0.4 is 0 Å². The number of hydrogen-bond donors (Lipinski definition) is 0. The predicted molar refractivity (Wildman–Crippen MR) is 109 cm³/mol. The minimum absolute atomic E-state index is 0.159. The van der Waals surface area contributed by atoms with Crippen LogP contribution in [0, 0.1) is 0 Å². The van der Waals surface area contributed by atoms with Gasteiger partial charge in [-0.15, -0.1) is 11.8 Å². The van der Waals surface area contributed by atoms with Crippen LogP contribution in [-0.2, 0) is 17.7 Å². The number of benzene rings is 2. The maximum Gasteiger partial charge on any atom is 0.416 e. The van der Waals surface area contributed by atoms with Crippen molar-refractivity contribution in [3.63, 3.8) is 0 Å². The number of alkyl halides is 3. The lowest BCUT2D eigenvalue weighted by molar-refractivity contribution is -0.137. The fourth-order valence-corrected chi connectivity index (χ4v) is 3.91. The Morgan fingerprint density at radius 3 is 2.43 bits per heavy atom. The lowest BCUT2D eigenvalue weighted by atomic mass is 10.1. The molecule has 0 aliphatic carbocycles. The summed E-state index contributed by atoms with van der Waals surface area (Å²) in [6, 6.07) is 15.8. The third-order valence-electron chi connectivity index (χ3n) is 4.23. The molecule has 0 N–H and O–H groups in total. The molecule has 0 saturated carbocycles. The highest BCUT2D eigenvalue weighted by Crippen LogP contribution is 2.31. The average molecular weight is 451 g/mol. The maximum absolute atomic E-state index is 12.7. The van der Waals surface area contributed by atoms with E-state index in [1.54, 1.807) is 17.8 Å². The van der Waals surface area contributed by atoms with Crippen LogP contribution in [0.2, 0.25) is 5.02 Å². The van der Waals surface area contributed by atoms with E-state index in [2.05, 4.69) is 10.1 Å². The van der Waals surface area contributed by atoms with Crippen LogP contribution in [0.5, 0.6) is 0 Å². The molecule has 0 aliphatic rings. The van der Waals surface area contributed by atoms with Gasteiger partial charge in [0, 0.05) is 16.3 Å². The third kappa shape index (κ3) is 4.71. The molecule has 4 aromatic rings. The minimum atomic E-state index is -4.39. The first-order valence-corrected chi connectivity index (χ1v) is 10.3. The normalized spacial score (nSPS) is 11.7. The number of nitrogens with zero attached hydrogens (tertiary/aromatic N) is 2. The molecule has 2 aromatic heterocycles. The van der Waals surface area contributed by atoms with E-state index in [1.165, 1.54) is 12.1 Å². The van der Waals surface area contributed by atoms with E-state index >= 15 is 0 Å². The zero-order valence-electron chi connectivity index (χ0n) is 15.3. The summed E-state index contributed by atoms with van der Waals surface area (Å²) in [7, 11) is 0. The van der Waals surface area contributed by atoms with Gasteiger partial charge in [-0.2, -0.15) is 18.2 Å². The molecule has 0 aliphatic heterocycles. The summed E-state index contributed by atoms with van der Waals surface area (Å²) in [6.45, 7) is 0. The third-order valence-corrected chi connectivity index (χ3v) is 5.60. The van der Waals surface area contributed by atoms with Crippen molar-refractivity contribution in [1.29, 1.82) is 0 Å². The summed E-state index contributed by atoms with van der Waals surface area (Å²) in [5.74, 6) is 2.85. The molecule has 2 heterocycles. The average Bonchev–Trinajstić information content (AvgIpc) is 3.38. The molecule has 9 heteroatoms. The number of halogens is 4. The molecule has 0 saturated heterocycles. The highest BCUT2D eigenvalue weighted by molar-refractivity contribution is 7.97. The highest BCUT2D eigenvalue weighted by Gasteiger charge is 2.30. The van der Waals surface area contributed by atoms with Crippen LogP contribution >= 0.6 is 23.4 Å². The van der Waals surface area contributed by atoms with Crippen LogP contribution in [0.15, 0.2) is 69.6 Å². The molecule has 0 bridgehead atoms. The van der Waals surface area contributed by atoms with Crippen LogP contribution in [0.1, 0.15) is 16.9 Å². The summed E-state index contributed by atoms with van der Waals surface area (Å²) in [6.07, 6.45) is -4.39. The molecule has 0 unspecified atom stereocenters. The summed E-state index contributed by atoms with van der Waals surface area (Å²) < 4.78 is 49.0. The molecule has 0 fully saturated rings.